The minimum absolute atomic E-state index is 0.0667. The second-order valence-corrected chi connectivity index (χ2v) is 8.03. The zero-order chi connectivity index (χ0) is 23.4. The van der Waals surface area contributed by atoms with Gasteiger partial charge < -0.3 is 25.4 Å². The van der Waals surface area contributed by atoms with Gasteiger partial charge in [0.05, 0.1) is 6.42 Å². The van der Waals surface area contributed by atoms with Crippen molar-refractivity contribution in [2.75, 3.05) is 13.2 Å². The molecular weight excluding hydrogens is 422 g/mol. The summed E-state index contributed by atoms with van der Waals surface area (Å²) >= 11 is 0. The Hall–Kier alpha value is -3.68. The van der Waals surface area contributed by atoms with Gasteiger partial charge in [0, 0.05) is 12.5 Å². The standard InChI is InChI=1S/C26H25NO6/c28-23(25(31)17-11-9-16(10-12-17)13-24(29)30)14-27-26(32)33-15-22-20-7-3-1-5-18(20)19-6-2-4-8-21(19)22/h1-12,22-23,25,28,31H,13-15H2,(H,27,32)(H,29,30). The highest BCUT2D eigenvalue weighted by Crippen LogP contribution is 2.44. The van der Waals surface area contributed by atoms with E-state index in [-0.39, 0.29) is 25.5 Å². The van der Waals surface area contributed by atoms with Crippen molar-refractivity contribution < 1.29 is 29.6 Å². The fraction of sp³-hybridized carbons (Fsp3) is 0.231. The molecule has 0 spiro atoms. The fourth-order valence-electron chi connectivity index (χ4n) is 4.18. The van der Waals surface area contributed by atoms with Crippen molar-refractivity contribution in [3.05, 3.63) is 95.1 Å². The van der Waals surface area contributed by atoms with Gasteiger partial charge in [-0.25, -0.2) is 4.79 Å². The van der Waals surface area contributed by atoms with Gasteiger partial charge in [0.1, 0.15) is 18.8 Å². The lowest BCUT2D eigenvalue weighted by Crippen LogP contribution is -2.36. The van der Waals surface area contributed by atoms with E-state index < -0.39 is 24.3 Å². The number of carboxylic acids is 1. The van der Waals surface area contributed by atoms with E-state index >= 15 is 0 Å². The molecule has 0 bridgehead atoms. The first-order valence-corrected chi connectivity index (χ1v) is 10.7. The van der Waals surface area contributed by atoms with Crippen LogP contribution in [0.15, 0.2) is 72.8 Å². The Balaban J connectivity index is 1.30. The number of aliphatic hydroxyl groups is 2. The number of ether oxygens (including phenoxy) is 1. The van der Waals surface area contributed by atoms with Crippen LogP contribution in [0.2, 0.25) is 0 Å². The van der Waals surface area contributed by atoms with Crippen molar-refractivity contribution in [2.45, 2.75) is 24.5 Å². The van der Waals surface area contributed by atoms with Gasteiger partial charge in [-0.05, 0) is 33.4 Å². The predicted molar refractivity (Wildman–Crippen MR) is 122 cm³/mol. The number of alkyl carbamates (subject to hydrolysis) is 1. The average molecular weight is 447 g/mol. The molecule has 7 heteroatoms. The number of rotatable bonds is 8. The third-order valence-electron chi connectivity index (χ3n) is 5.84. The van der Waals surface area contributed by atoms with Crippen LogP contribution in [0.25, 0.3) is 11.1 Å². The zero-order valence-corrected chi connectivity index (χ0v) is 17.8. The number of carbonyl (C=O) groups is 2. The van der Waals surface area contributed by atoms with E-state index in [1.54, 1.807) is 24.3 Å². The molecule has 170 valence electrons. The van der Waals surface area contributed by atoms with Gasteiger partial charge in [0.25, 0.3) is 0 Å². The Bertz CT molecular complexity index is 1100. The molecule has 0 saturated heterocycles. The normalized spacial score (nSPS) is 14.1. The summed E-state index contributed by atoms with van der Waals surface area (Å²) in [7, 11) is 0. The van der Waals surface area contributed by atoms with Gasteiger partial charge in [0.15, 0.2) is 0 Å². The summed E-state index contributed by atoms with van der Waals surface area (Å²) in [4.78, 5) is 23.0. The Morgan fingerprint density at radius 3 is 2.03 bits per heavy atom. The fourth-order valence-corrected chi connectivity index (χ4v) is 4.18. The minimum atomic E-state index is -1.25. The van der Waals surface area contributed by atoms with Crippen molar-refractivity contribution in [1.29, 1.82) is 0 Å². The maximum Gasteiger partial charge on any atom is 0.407 e. The van der Waals surface area contributed by atoms with Gasteiger partial charge in [-0.1, -0.05) is 72.8 Å². The van der Waals surface area contributed by atoms with Crippen LogP contribution in [-0.2, 0) is 16.0 Å². The first-order valence-electron chi connectivity index (χ1n) is 10.7. The molecule has 0 heterocycles. The topological polar surface area (TPSA) is 116 Å². The molecule has 1 amide bonds. The van der Waals surface area contributed by atoms with Crippen LogP contribution >= 0.6 is 0 Å². The number of hydrogen-bond acceptors (Lipinski definition) is 5. The van der Waals surface area contributed by atoms with E-state index in [9.17, 15) is 19.8 Å². The molecule has 2 atom stereocenters. The number of amides is 1. The van der Waals surface area contributed by atoms with E-state index in [1.165, 1.54) is 0 Å². The summed E-state index contributed by atoms with van der Waals surface area (Å²) in [5.74, 6) is -1.02. The molecule has 2 unspecified atom stereocenters. The molecule has 33 heavy (non-hydrogen) atoms. The number of nitrogens with one attached hydrogen (secondary N) is 1. The minimum Gasteiger partial charge on any atom is -0.481 e. The van der Waals surface area contributed by atoms with E-state index in [4.69, 9.17) is 9.84 Å². The quantitative estimate of drug-likeness (QED) is 0.421. The van der Waals surface area contributed by atoms with Gasteiger partial charge in [-0.15, -0.1) is 0 Å². The largest absolute Gasteiger partial charge is 0.481 e. The summed E-state index contributed by atoms with van der Waals surface area (Å²) < 4.78 is 5.43. The molecule has 1 aliphatic rings. The monoisotopic (exact) mass is 447 g/mol. The third-order valence-corrected chi connectivity index (χ3v) is 5.84. The van der Waals surface area contributed by atoms with Crippen LogP contribution in [-0.4, -0.2) is 46.6 Å². The molecule has 0 aliphatic heterocycles. The van der Waals surface area contributed by atoms with Crippen LogP contribution in [0.1, 0.15) is 34.3 Å². The maximum absolute atomic E-state index is 12.3. The Morgan fingerprint density at radius 1 is 0.879 bits per heavy atom. The molecule has 3 aromatic rings. The smallest absolute Gasteiger partial charge is 0.407 e. The highest BCUT2D eigenvalue weighted by molar-refractivity contribution is 5.79. The van der Waals surface area contributed by atoms with E-state index in [0.717, 1.165) is 22.3 Å². The first-order chi connectivity index (χ1) is 15.9. The van der Waals surface area contributed by atoms with Crippen LogP contribution < -0.4 is 5.32 Å². The Kier molecular flexibility index (Phi) is 6.72. The van der Waals surface area contributed by atoms with Gasteiger partial charge in [0.2, 0.25) is 0 Å². The number of benzene rings is 3. The summed E-state index contributed by atoms with van der Waals surface area (Å²) in [6, 6.07) is 22.3. The SMILES string of the molecule is O=C(O)Cc1ccc(C(O)C(O)CNC(=O)OCC2c3ccccc3-c3ccccc32)cc1. The van der Waals surface area contributed by atoms with Crippen molar-refractivity contribution in [2.24, 2.45) is 0 Å². The average Bonchev–Trinajstić information content (AvgIpc) is 3.14. The van der Waals surface area contributed by atoms with E-state index in [2.05, 4.69) is 17.4 Å². The van der Waals surface area contributed by atoms with Crippen LogP contribution in [0.3, 0.4) is 0 Å². The van der Waals surface area contributed by atoms with Crippen molar-refractivity contribution in [3.8, 4) is 11.1 Å². The number of aliphatic carboxylic acids is 1. The molecule has 0 saturated carbocycles. The van der Waals surface area contributed by atoms with E-state index in [0.29, 0.717) is 11.1 Å². The number of hydrogen-bond donors (Lipinski definition) is 4. The number of fused-ring (bicyclic) bond motifs is 3. The number of carbonyl (C=O) groups excluding carboxylic acids is 1. The number of aliphatic hydroxyl groups excluding tert-OH is 2. The zero-order valence-electron chi connectivity index (χ0n) is 17.8. The predicted octanol–water partition coefficient (Wildman–Crippen LogP) is 3.25. The van der Waals surface area contributed by atoms with Crippen LogP contribution in [0, 0.1) is 0 Å². The van der Waals surface area contributed by atoms with Gasteiger partial charge >= 0.3 is 12.1 Å². The van der Waals surface area contributed by atoms with Crippen molar-refractivity contribution >= 4 is 12.1 Å². The van der Waals surface area contributed by atoms with Crippen LogP contribution in [0.5, 0.6) is 0 Å². The van der Waals surface area contributed by atoms with Crippen molar-refractivity contribution in [3.63, 3.8) is 0 Å². The molecule has 4 rings (SSSR count). The Labute approximate surface area is 191 Å². The molecule has 0 fully saturated rings. The van der Waals surface area contributed by atoms with Gasteiger partial charge in [-0.3, -0.25) is 4.79 Å². The second-order valence-electron chi connectivity index (χ2n) is 8.03. The lowest BCUT2D eigenvalue weighted by Gasteiger charge is -2.19. The molecule has 0 radical (unpaired) electrons. The van der Waals surface area contributed by atoms with E-state index in [1.807, 2.05) is 36.4 Å². The third kappa shape index (κ3) is 5.05. The first kappa shape index (κ1) is 22.5. The summed E-state index contributed by atoms with van der Waals surface area (Å²) in [6.07, 6.45) is -3.30. The summed E-state index contributed by atoms with van der Waals surface area (Å²) in [5, 5.41) is 31.9. The molecule has 7 nitrogen and oxygen atoms in total. The highest BCUT2D eigenvalue weighted by atomic mass is 16.5. The molecule has 1 aliphatic carbocycles. The molecule has 4 N–H and O–H groups in total. The summed E-state index contributed by atoms with van der Waals surface area (Å²) in [6.45, 7) is -0.0434. The molecule has 0 aromatic heterocycles. The molecule has 3 aromatic carbocycles. The second kappa shape index (κ2) is 9.85. The van der Waals surface area contributed by atoms with Crippen molar-refractivity contribution in [1.82, 2.24) is 5.32 Å². The highest BCUT2D eigenvalue weighted by Gasteiger charge is 2.29. The Morgan fingerprint density at radius 2 is 1.45 bits per heavy atom. The number of carboxylic acid groups (broad SMARTS) is 1. The lowest BCUT2D eigenvalue weighted by atomic mass is 9.98. The van der Waals surface area contributed by atoms with Gasteiger partial charge in [-0.2, -0.15) is 0 Å². The van der Waals surface area contributed by atoms with Crippen LogP contribution in [0.4, 0.5) is 4.79 Å². The molecular formula is C26H25NO6. The summed E-state index contributed by atoms with van der Waals surface area (Å²) in [5.41, 5.74) is 5.49. The lowest BCUT2D eigenvalue weighted by molar-refractivity contribution is -0.136. The maximum atomic E-state index is 12.3.